The number of rotatable bonds is 5. The first kappa shape index (κ1) is 14.1. The highest BCUT2D eigenvalue weighted by molar-refractivity contribution is 6.35. The van der Waals surface area contributed by atoms with Crippen LogP contribution < -0.4 is 5.32 Å². The molecule has 0 aromatic heterocycles. The van der Waals surface area contributed by atoms with Gasteiger partial charge in [0, 0.05) is 22.7 Å². The first-order valence-electron chi connectivity index (χ1n) is 6.47. The molecule has 2 atom stereocenters. The lowest BCUT2D eigenvalue weighted by Crippen LogP contribution is -2.23. The molecular formula is C14H19Cl2NO. The summed E-state index contributed by atoms with van der Waals surface area (Å²) in [6, 6.07) is 5.88. The predicted octanol–water partition coefficient (Wildman–Crippen LogP) is 4.21. The van der Waals surface area contributed by atoms with E-state index in [0.717, 1.165) is 30.2 Å². The average molecular weight is 288 g/mol. The van der Waals surface area contributed by atoms with Crippen LogP contribution in [0.5, 0.6) is 0 Å². The summed E-state index contributed by atoms with van der Waals surface area (Å²) in [5, 5.41) is 4.88. The van der Waals surface area contributed by atoms with Crippen LogP contribution in [0.25, 0.3) is 0 Å². The summed E-state index contributed by atoms with van der Waals surface area (Å²) in [6.07, 6.45) is 3.89. The fraction of sp³-hybridized carbons (Fsp3) is 0.571. The molecule has 1 heterocycles. The van der Waals surface area contributed by atoms with Gasteiger partial charge in [0.1, 0.15) is 0 Å². The van der Waals surface area contributed by atoms with Crippen LogP contribution in [-0.4, -0.2) is 19.3 Å². The minimum Gasteiger partial charge on any atom is -0.378 e. The lowest BCUT2D eigenvalue weighted by Gasteiger charge is -2.17. The first-order chi connectivity index (χ1) is 8.66. The fourth-order valence-corrected chi connectivity index (χ4v) is 2.87. The van der Waals surface area contributed by atoms with E-state index in [1.807, 2.05) is 12.1 Å². The smallest absolute Gasteiger partial charge is 0.0588 e. The van der Waals surface area contributed by atoms with E-state index in [9.17, 15) is 0 Å². The third-order valence-corrected chi connectivity index (χ3v) is 3.93. The second-order valence-electron chi connectivity index (χ2n) is 4.77. The Kier molecular flexibility index (Phi) is 5.31. The second kappa shape index (κ2) is 6.76. The van der Waals surface area contributed by atoms with Crippen molar-refractivity contribution in [1.29, 1.82) is 0 Å². The zero-order chi connectivity index (χ0) is 13.0. The second-order valence-corrected chi connectivity index (χ2v) is 5.61. The van der Waals surface area contributed by atoms with E-state index < -0.39 is 0 Å². The van der Waals surface area contributed by atoms with Gasteiger partial charge in [0.25, 0.3) is 0 Å². The van der Waals surface area contributed by atoms with Crippen molar-refractivity contribution < 1.29 is 4.74 Å². The number of ether oxygens (including phenoxy) is 1. The molecule has 18 heavy (non-hydrogen) atoms. The summed E-state index contributed by atoms with van der Waals surface area (Å²) < 4.78 is 5.60. The average Bonchev–Trinajstić information content (AvgIpc) is 2.81. The first-order valence-corrected chi connectivity index (χ1v) is 7.22. The van der Waals surface area contributed by atoms with Crippen molar-refractivity contribution in [2.45, 2.75) is 38.3 Å². The summed E-state index contributed by atoms with van der Waals surface area (Å²) in [5.74, 6) is 0. The molecule has 1 aromatic carbocycles. The Morgan fingerprint density at radius 2 is 2.28 bits per heavy atom. The highest BCUT2D eigenvalue weighted by Crippen LogP contribution is 2.26. The van der Waals surface area contributed by atoms with Crippen molar-refractivity contribution >= 4 is 23.2 Å². The SMILES string of the molecule is CC(NCCC1CCCO1)c1ccc(Cl)cc1Cl. The molecule has 1 N–H and O–H groups in total. The molecule has 0 bridgehead atoms. The van der Waals surface area contributed by atoms with Gasteiger partial charge in [-0.25, -0.2) is 0 Å². The van der Waals surface area contributed by atoms with Crippen LogP contribution in [0.2, 0.25) is 10.0 Å². The van der Waals surface area contributed by atoms with Crippen LogP contribution >= 0.6 is 23.2 Å². The number of benzene rings is 1. The van der Waals surface area contributed by atoms with Gasteiger partial charge in [0.2, 0.25) is 0 Å². The van der Waals surface area contributed by atoms with Gasteiger partial charge in [0.15, 0.2) is 0 Å². The molecule has 2 nitrogen and oxygen atoms in total. The lowest BCUT2D eigenvalue weighted by atomic mass is 10.1. The van der Waals surface area contributed by atoms with E-state index in [2.05, 4.69) is 12.2 Å². The molecule has 0 radical (unpaired) electrons. The molecule has 1 aromatic rings. The third kappa shape index (κ3) is 3.86. The van der Waals surface area contributed by atoms with Crippen molar-refractivity contribution in [3.8, 4) is 0 Å². The van der Waals surface area contributed by atoms with Crippen LogP contribution in [0.4, 0.5) is 0 Å². The van der Waals surface area contributed by atoms with Gasteiger partial charge < -0.3 is 10.1 Å². The van der Waals surface area contributed by atoms with E-state index in [4.69, 9.17) is 27.9 Å². The summed E-state index contributed by atoms with van der Waals surface area (Å²) in [7, 11) is 0. The molecule has 1 aliphatic heterocycles. The largest absolute Gasteiger partial charge is 0.378 e. The van der Waals surface area contributed by atoms with Gasteiger partial charge in [-0.05, 0) is 50.4 Å². The van der Waals surface area contributed by atoms with Crippen molar-refractivity contribution in [3.63, 3.8) is 0 Å². The van der Waals surface area contributed by atoms with Crippen molar-refractivity contribution in [1.82, 2.24) is 5.32 Å². The van der Waals surface area contributed by atoms with Gasteiger partial charge >= 0.3 is 0 Å². The Morgan fingerprint density at radius 1 is 1.44 bits per heavy atom. The maximum absolute atomic E-state index is 6.18. The number of halogens is 2. The summed E-state index contributed by atoms with van der Waals surface area (Å²) in [6.45, 7) is 3.98. The Balaban J connectivity index is 1.81. The minimum absolute atomic E-state index is 0.233. The molecule has 0 spiro atoms. The monoisotopic (exact) mass is 287 g/mol. The minimum atomic E-state index is 0.233. The molecular weight excluding hydrogens is 269 g/mol. The van der Waals surface area contributed by atoms with Gasteiger partial charge in [0.05, 0.1) is 6.10 Å². The third-order valence-electron chi connectivity index (χ3n) is 3.37. The molecule has 2 unspecified atom stereocenters. The molecule has 0 saturated carbocycles. The van der Waals surface area contributed by atoms with Gasteiger partial charge in [-0.1, -0.05) is 29.3 Å². The van der Waals surface area contributed by atoms with E-state index in [1.54, 1.807) is 6.07 Å². The molecule has 0 amide bonds. The van der Waals surface area contributed by atoms with Gasteiger partial charge in [-0.15, -0.1) is 0 Å². The van der Waals surface area contributed by atoms with Crippen molar-refractivity contribution in [2.24, 2.45) is 0 Å². The molecule has 1 saturated heterocycles. The van der Waals surface area contributed by atoms with Gasteiger partial charge in [-0.3, -0.25) is 0 Å². The number of nitrogens with one attached hydrogen (secondary N) is 1. The van der Waals surface area contributed by atoms with Gasteiger partial charge in [-0.2, -0.15) is 0 Å². The Bertz CT molecular complexity index is 391. The quantitative estimate of drug-likeness (QED) is 0.876. The Labute approximate surface area is 119 Å². The standard InChI is InChI=1S/C14H19Cl2NO/c1-10(13-5-4-11(15)9-14(13)16)17-7-6-12-3-2-8-18-12/h4-5,9-10,12,17H,2-3,6-8H2,1H3. The van der Waals surface area contributed by atoms with Crippen molar-refractivity contribution in [3.05, 3.63) is 33.8 Å². The summed E-state index contributed by atoms with van der Waals surface area (Å²) >= 11 is 12.1. The maximum Gasteiger partial charge on any atom is 0.0588 e. The topological polar surface area (TPSA) is 21.3 Å². The normalized spacial score (nSPS) is 21.2. The van der Waals surface area contributed by atoms with Crippen LogP contribution in [0, 0.1) is 0 Å². The van der Waals surface area contributed by atoms with Crippen molar-refractivity contribution in [2.75, 3.05) is 13.2 Å². The number of hydrogen-bond acceptors (Lipinski definition) is 2. The number of hydrogen-bond donors (Lipinski definition) is 1. The summed E-state index contributed by atoms with van der Waals surface area (Å²) in [5.41, 5.74) is 1.09. The zero-order valence-corrected chi connectivity index (χ0v) is 12.1. The predicted molar refractivity (Wildman–Crippen MR) is 76.5 cm³/mol. The highest BCUT2D eigenvalue weighted by atomic mass is 35.5. The van der Waals surface area contributed by atoms with Crippen LogP contribution in [0.1, 0.15) is 37.8 Å². The fourth-order valence-electron chi connectivity index (χ4n) is 2.30. The van der Waals surface area contributed by atoms with E-state index in [0.29, 0.717) is 11.1 Å². The summed E-state index contributed by atoms with van der Waals surface area (Å²) in [4.78, 5) is 0. The Morgan fingerprint density at radius 3 is 2.94 bits per heavy atom. The molecule has 4 heteroatoms. The molecule has 1 aliphatic rings. The van der Waals surface area contributed by atoms with Crippen LogP contribution in [0.3, 0.4) is 0 Å². The van der Waals surface area contributed by atoms with Crippen LogP contribution in [-0.2, 0) is 4.74 Å². The van der Waals surface area contributed by atoms with E-state index in [-0.39, 0.29) is 6.04 Å². The van der Waals surface area contributed by atoms with Crippen LogP contribution in [0.15, 0.2) is 18.2 Å². The molecule has 1 fully saturated rings. The molecule has 0 aliphatic carbocycles. The Hall–Kier alpha value is -0.280. The maximum atomic E-state index is 6.18. The molecule has 100 valence electrons. The molecule has 2 rings (SSSR count). The van der Waals surface area contributed by atoms with E-state index >= 15 is 0 Å². The zero-order valence-electron chi connectivity index (χ0n) is 10.6. The highest BCUT2D eigenvalue weighted by Gasteiger charge is 2.16. The van der Waals surface area contributed by atoms with E-state index in [1.165, 1.54) is 12.8 Å². The lowest BCUT2D eigenvalue weighted by molar-refractivity contribution is 0.103.